The van der Waals surface area contributed by atoms with Crippen molar-refractivity contribution in [1.82, 2.24) is 0 Å². The number of rotatable bonds is 0. The van der Waals surface area contributed by atoms with Gasteiger partial charge >= 0.3 is 0 Å². The first-order valence-corrected chi connectivity index (χ1v) is 4.15. The summed E-state index contributed by atoms with van der Waals surface area (Å²) in [7, 11) is 0. The van der Waals surface area contributed by atoms with Crippen molar-refractivity contribution < 1.29 is 22.4 Å². The topological polar surface area (TPSA) is 0 Å². The van der Waals surface area contributed by atoms with Crippen molar-refractivity contribution in [3.05, 3.63) is 17.9 Å². The van der Waals surface area contributed by atoms with Gasteiger partial charge in [0.05, 0.1) is 0 Å². The average Bonchev–Trinajstić information content (AvgIpc) is 1.55. The van der Waals surface area contributed by atoms with Crippen molar-refractivity contribution in [2.24, 2.45) is 10.8 Å². The summed E-state index contributed by atoms with van der Waals surface area (Å²) in [5.74, 6) is 0. The fraction of sp³-hybridized carbons (Fsp3) is 0.727. The van der Waals surface area contributed by atoms with Crippen molar-refractivity contribution in [3.63, 3.8) is 0 Å². The molecule has 1 heteroatoms. The molecule has 0 unspecified atom stereocenters. The van der Waals surface area contributed by atoms with Gasteiger partial charge in [0.2, 0.25) is 0 Å². The van der Waals surface area contributed by atoms with Crippen molar-refractivity contribution in [2.45, 2.75) is 41.5 Å². The Morgan fingerprint density at radius 3 is 1.17 bits per heavy atom. The van der Waals surface area contributed by atoms with E-state index >= 15 is 0 Å². The predicted octanol–water partition coefficient (Wildman–Crippen LogP) is 3.79. The summed E-state index contributed by atoms with van der Waals surface area (Å²) in [6.07, 6.45) is 4.22. The Labute approximate surface area is 92.6 Å². The summed E-state index contributed by atoms with van der Waals surface area (Å²) in [5, 5.41) is 0. The van der Waals surface area contributed by atoms with Crippen molar-refractivity contribution in [3.8, 4) is 0 Å². The Kier molecular flexibility index (Phi) is 6.26. The molecule has 0 aliphatic rings. The van der Waals surface area contributed by atoms with Gasteiger partial charge in [-0.2, -0.15) is 0 Å². The minimum Gasteiger partial charge on any atom is -0.128 e. The molecule has 0 saturated heterocycles. The van der Waals surface area contributed by atoms with E-state index in [1.165, 1.54) is 0 Å². The molecule has 0 N–H and O–H groups in total. The zero-order valence-corrected chi connectivity index (χ0v) is 10.4. The third-order valence-electron chi connectivity index (χ3n) is 1.03. The first kappa shape index (κ1) is 14.8. The van der Waals surface area contributed by atoms with Crippen LogP contribution in [0.5, 0.6) is 0 Å². The zero-order valence-electron chi connectivity index (χ0n) is 8.96. The second-order valence-corrected chi connectivity index (χ2v) is 5.19. The normalized spacial score (nSPS) is 11.2. The van der Waals surface area contributed by atoms with Gasteiger partial charge in [0.25, 0.3) is 0 Å². The van der Waals surface area contributed by atoms with Gasteiger partial charge in [-0.25, -0.2) is 0 Å². The van der Waals surface area contributed by atoms with Crippen LogP contribution in [0, 0.1) is 10.8 Å². The van der Waals surface area contributed by atoms with Crippen LogP contribution in [0.1, 0.15) is 41.5 Å². The molecule has 0 heterocycles. The molecule has 0 saturated carbocycles. The van der Waals surface area contributed by atoms with E-state index in [0.717, 1.165) is 0 Å². The van der Waals surface area contributed by atoms with Crippen molar-refractivity contribution in [2.75, 3.05) is 0 Å². The summed E-state index contributed by atoms with van der Waals surface area (Å²) in [4.78, 5) is 0. The molecule has 0 rings (SSSR count). The molecule has 0 aliphatic heterocycles. The summed E-state index contributed by atoms with van der Waals surface area (Å²) in [5.41, 5.74) is 3.72. The van der Waals surface area contributed by atoms with Crippen molar-refractivity contribution >= 4 is 0 Å². The molecule has 1 radical (unpaired) electrons. The van der Waals surface area contributed by atoms with Crippen LogP contribution < -0.4 is 0 Å². The van der Waals surface area contributed by atoms with E-state index in [4.69, 9.17) is 0 Å². The first-order chi connectivity index (χ1) is 4.71. The molecule has 75 valence electrons. The molecular weight excluding hydrogens is 240 g/mol. The molecule has 0 aromatic carbocycles. The predicted molar refractivity (Wildman–Crippen MR) is 51.6 cm³/mol. The van der Waals surface area contributed by atoms with Crippen LogP contribution in [0.15, 0.2) is 17.9 Å². The quantitative estimate of drug-likeness (QED) is 0.459. The second-order valence-electron chi connectivity index (χ2n) is 5.19. The number of allylic oxidation sites excluding steroid dienone is 1. The molecular formula is C11H20Ag. The number of hydrogen-bond donors (Lipinski definition) is 0. The third kappa shape index (κ3) is 12.9. The maximum Gasteiger partial charge on any atom is 0 e. The maximum atomic E-state index is 3.22. The molecule has 0 aromatic rings. The second kappa shape index (κ2) is 5.09. The summed E-state index contributed by atoms with van der Waals surface area (Å²) < 4.78 is 0. The monoisotopic (exact) mass is 259 g/mol. The summed E-state index contributed by atoms with van der Waals surface area (Å²) in [6.45, 7) is 13.1. The van der Waals surface area contributed by atoms with Gasteiger partial charge in [-0.3, -0.25) is 0 Å². The molecule has 0 spiro atoms. The zero-order chi connectivity index (χ0) is 9.12. The molecule has 0 atom stereocenters. The van der Waals surface area contributed by atoms with Crippen LogP contribution in [-0.4, -0.2) is 0 Å². The van der Waals surface area contributed by atoms with Gasteiger partial charge in [0.1, 0.15) is 0 Å². The largest absolute Gasteiger partial charge is 0.128 e. The van der Waals surface area contributed by atoms with E-state index in [0.29, 0.717) is 0 Å². The Morgan fingerprint density at radius 1 is 0.750 bits per heavy atom. The first-order valence-electron chi connectivity index (χ1n) is 4.15. The van der Waals surface area contributed by atoms with Crippen LogP contribution in [-0.2, 0) is 22.4 Å². The molecule has 0 amide bonds. The van der Waals surface area contributed by atoms with Crippen LogP contribution in [0.2, 0.25) is 0 Å². The van der Waals surface area contributed by atoms with E-state index in [1.54, 1.807) is 0 Å². The Bertz CT molecular complexity index is 152. The van der Waals surface area contributed by atoms with E-state index in [1.807, 2.05) is 0 Å². The minimum absolute atomic E-state index is 0. The van der Waals surface area contributed by atoms with Crippen LogP contribution in [0.4, 0.5) is 0 Å². The van der Waals surface area contributed by atoms with Gasteiger partial charge in [-0.15, -0.1) is 5.73 Å². The van der Waals surface area contributed by atoms with E-state index in [9.17, 15) is 0 Å². The molecule has 0 aliphatic carbocycles. The Balaban J connectivity index is 0. The van der Waals surface area contributed by atoms with Crippen molar-refractivity contribution in [1.29, 1.82) is 0 Å². The molecule has 0 bridgehead atoms. The molecule has 0 nitrogen and oxygen atoms in total. The molecule has 0 fully saturated rings. The van der Waals surface area contributed by atoms with Crippen LogP contribution in [0.3, 0.4) is 0 Å². The summed E-state index contributed by atoms with van der Waals surface area (Å²) in [6, 6.07) is 0. The fourth-order valence-corrected chi connectivity index (χ4v) is 0.542. The summed E-state index contributed by atoms with van der Waals surface area (Å²) >= 11 is 0. The van der Waals surface area contributed by atoms with Crippen LogP contribution >= 0.6 is 0 Å². The molecule has 12 heavy (non-hydrogen) atoms. The third-order valence-corrected chi connectivity index (χ3v) is 1.03. The number of hydrogen-bond acceptors (Lipinski definition) is 0. The molecule has 0 aromatic heterocycles. The Hall–Kier alpha value is 0.260. The minimum atomic E-state index is 0. The standard InChI is InChI=1S/C11H20.Ag/c1-10(2,3)8-7-9-11(4,5)6;/h8-9H,1-6H3;. The van der Waals surface area contributed by atoms with Gasteiger partial charge < -0.3 is 0 Å². The Morgan fingerprint density at radius 2 is 1.00 bits per heavy atom. The maximum absolute atomic E-state index is 3.22. The van der Waals surface area contributed by atoms with Gasteiger partial charge in [0, 0.05) is 22.4 Å². The van der Waals surface area contributed by atoms with Crippen LogP contribution in [0.25, 0.3) is 0 Å². The average molecular weight is 260 g/mol. The fourth-order valence-electron chi connectivity index (χ4n) is 0.542. The SMILES string of the molecule is CC(C)(C)C=C=CC(C)(C)C.[Ag]. The van der Waals surface area contributed by atoms with Gasteiger partial charge in [-0.05, 0) is 23.0 Å². The van der Waals surface area contributed by atoms with Gasteiger partial charge in [-0.1, -0.05) is 41.5 Å². The van der Waals surface area contributed by atoms with E-state index in [2.05, 4.69) is 59.4 Å². The van der Waals surface area contributed by atoms with E-state index in [-0.39, 0.29) is 33.2 Å². The smallest absolute Gasteiger partial charge is 0 e. The van der Waals surface area contributed by atoms with Gasteiger partial charge in [0.15, 0.2) is 0 Å². The van der Waals surface area contributed by atoms with E-state index < -0.39 is 0 Å².